The first-order valence-electron chi connectivity index (χ1n) is 13.8. The Kier molecular flexibility index (Phi) is 5.22. The standard InChI is InChI=1S/C38H22N4/c39-23-25-17-18-38-33(21-25)32-12-4-6-14-35(32)41(38)28-20-26(24-40)19-27(22-28)29-9-1-5-13-34(29)42-36-15-7-2-10-30(36)31-11-3-8-16-37(31)42/h1-22H. The Morgan fingerprint density at radius 3 is 1.64 bits per heavy atom. The summed E-state index contributed by atoms with van der Waals surface area (Å²) >= 11 is 0. The van der Waals surface area contributed by atoms with Crippen molar-refractivity contribution in [3.8, 4) is 34.6 Å². The maximum Gasteiger partial charge on any atom is 0.0992 e. The van der Waals surface area contributed by atoms with Gasteiger partial charge < -0.3 is 9.13 Å². The molecule has 2 aromatic heterocycles. The van der Waals surface area contributed by atoms with Gasteiger partial charge in [-0.15, -0.1) is 0 Å². The van der Waals surface area contributed by atoms with Crippen LogP contribution in [-0.2, 0) is 0 Å². The molecule has 0 saturated heterocycles. The molecule has 0 aliphatic carbocycles. The first-order valence-corrected chi connectivity index (χ1v) is 13.8. The smallest absolute Gasteiger partial charge is 0.0992 e. The average molecular weight is 535 g/mol. The van der Waals surface area contributed by atoms with Crippen molar-refractivity contribution in [2.75, 3.05) is 0 Å². The van der Waals surface area contributed by atoms with Crippen molar-refractivity contribution in [3.05, 3.63) is 145 Å². The van der Waals surface area contributed by atoms with Crippen LogP contribution < -0.4 is 0 Å². The molecule has 0 saturated carbocycles. The molecule has 0 bridgehead atoms. The third-order valence-corrected chi connectivity index (χ3v) is 8.14. The summed E-state index contributed by atoms with van der Waals surface area (Å²) in [6, 6.07) is 50.2. The first-order chi connectivity index (χ1) is 20.7. The molecule has 0 N–H and O–H groups in total. The maximum absolute atomic E-state index is 10.2. The van der Waals surface area contributed by atoms with Crippen molar-refractivity contribution < 1.29 is 0 Å². The SMILES string of the molecule is N#Cc1cc(-c2ccccc2-n2c3ccccc3c3ccccc32)cc(-n2c3ccccc3c3cc(C#N)ccc32)c1. The zero-order valence-corrected chi connectivity index (χ0v) is 22.5. The molecule has 4 nitrogen and oxygen atoms in total. The van der Waals surface area contributed by atoms with E-state index in [4.69, 9.17) is 0 Å². The van der Waals surface area contributed by atoms with Gasteiger partial charge in [0, 0.05) is 32.8 Å². The maximum atomic E-state index is 10.2. The average Bonchev–Trinajstić information content (AvgIpc) is 3.57. The molecule has 8 aromatic rings. The van der Waals surface area contributed by atoms with E-state index in [-0.39, 0.29) is 0 Å². The number of rotatable bonds is 3. The second-order valence-electron chi connectivity index (χ2n) is 10.5. The molecule has 0 spiro atoms. The molecule has 0 atom stereocenters. The van der Waals surface area contributed by atoms with E-state index in [1.165, 1.54) is 10.8 Å². The Bertz CT molecular complexity index is 2390. The number of benzene rings is 6. The molecule has 4 heteroatoms. The normalized spacial score (nSPS) is 11.3. The lowest BCUT2D eigenvalue weighted by Gasteiger charge is -2.16. The molecule has 0 radical (unpaired) electrons. The Morgan fingerprint density at radius 1 is 0.429 bits per heavy atom. The van der Waals surface area contributed by atoms with Crippen molar-refractivity contribution in [2.24, 2.45) is 0 Å². The molecule has 42 heavy (non-hydrogen) atoms. The molecule has 0 unspecified atom stereocenters. The van der Waals surface area contributed by atoms with E-state index in [1.54, 1.807) is 0 Å². The number of hydrogen-bond acceptors (Lipinski definition) is 2. The van der Waals surface area contributed by atoms with Gasteiger partial charge >= 0.3 is 0 Å². The zero-order chi connectivity index (χ0) is 28.2. The number of para-hydroxylation sites is 4. The van der Waals surface area contributed by atoms with Crippen LogP contribution in [0.4, 0.5) is 0 Å². The minimum atomic E-state index is 0.583. The van der Waals surface area contributed by atoms with Gasteiger partial charge in [-0.25, -0.2) is 0 Å². The van der Waals surface area contributed by atoms with Crippen LogP contribution in [0.25, 0.3) is 66.1 Å². The van der Waals surface area contributed by atoms with Gasteiger partial charge in [0.1, 0.15) is 0 Å². The molecule has 0 fully saturated rings. The van der Waals surface area contributed by atoms with Gasteiger partial charge in [-0.3, -0.25) is 0 Å². The van der Waals surface area contributed by atoms with Gasteiger partial charge in [-0.05, 0) is 66.2 Å². The van der Waals surface area contributed by atoms with Gasteiger partial charge in [0.15, 0.2) is 0 Å². The van der Waals surface area contributed by atoms with Gasteiger partial charge in [0.25, 0.3) is 0 Å². The summed E-state index contributed by atoms with van der Waals surface area (Å²) in [5, 5.41) is 24.2. The van der Waals surface area contributed by atoms with Crippen molar-refractivity contribution >= 4 is 43.6 Å². The Morgan fingerprint density at radius 2 is 0.976 bits per heavy atom. The highest BCUT2D eigenvalue weighted by molar-refractivity contribution is 6.11. The monoisotopic (exact) mass is 534 g/mol. The highest BCUT2D eigenvalue weighted by atomic mass is 15.0. The van der Waals surface area contributed by atoms with Crippen molar-refractivity contribution in [3.63, 3.8) is 0 Å². The topological polar surface area (TPSA) is 57.4 Å². The summed E-state index contributed by atoms with van der Waals surface area (Å²) in [6.07, 6.45) is 0. The molecular weight excluding hydrogens is 512 g/mol. The van der Waals surface area contributed by atoms with E-state index in [2.05, 4.69) is 112 Å². The van der Waals surface area contributed by atoms with Gasteiger partial charge in [-0.2, -0.15) is 10.5 Å². The van der Waals surface area contributed by atoms with Crippen molar-refractivity contribution in [2.45, 2.75) is 0 Å². The lowest BCUT2D eigenvalue weighted by atomic mass is 10.00. The molecule has 0 aliphatic heterocycles. The molecule has 0 amide bonds. The predicted octanol–water partition coefficient (Wildman–Crippen LogP) is 9.29. The van der Waals surface area contributed by atoms with Gasteiger partial charge in [-0.1, -0.05) is 72.8 Å². The number of nitrogens with zero attached hydrogens (tertiary/aromatic N) is 4. The van der Waals surface area contributed by atoms with Crippen LogP contribution in [0.15, 0.2) is 133 Å². The van der Waals surface area contributed by atoms with Crippen LogP contribution >= 0.6 is 0 Å². The molecule has 0 aliphatic rings. The second-order valence-corrected chi connectivity index (χ2v) is 10.5. The molecular formula is C38H22N4. The highest BCUT2D eigenvalue weighted by Gasteiger charge is 2.18. The fourth-order valence-corrected chi connectivity index (χ4v) is 6.38. The van der Waals surface area contributed by atoms with E-state index in [0.29, 0.717) is 11.1 Å². The van der Waals surface area contributed by atoms with E-state index in [9.17, 15) is 10.5 Å². The van der Waals surface area contributed by atoms with Crippen LogP contribution in [0.1, 0.15) is 11.1 Å². The molecule has 6 aromatic carbocycles. The van der Waals surface area contributed by atoms with Crippen LogP contribution in [-0.4, -0.2) is 9.13 Å². The fourth-order valence-electron chi connectivity index (χ4n) is 6.38. The minimum Gasteiger partial charge on any atom is -0.309 e. The Labute approximate surface area is 242 Å². The third kappa shape index (κ3) is 3.47. The molecule has 8 rings (SSSR count). The van der Waals surface area contributed by atoms with Crippen LogP contribution in [0.2, 0.25) is 0 Å². The lowest BCUT2D eigenvalue weighted by molar-refractivity contribution is 1.17. The van der Waals surface area contributed by atoms with E-state index >= 15 is 0 Å². The van der Waals surface area contributed by atoms with Crippen LogP contribution in [0.3, 0.4) is 0 Å². The summed E-state index contributed by atoms with van der Waals surface area (Å²) in [5.74, 6) is 0. The largest absolute Gasteiger partial charge is 0.309 e. The summed E-state index contributed by atoms with van der Waals surface area (Å²) < 4.78 is 4.52. The predicted molar refractivity (Wildman–Crippen MR) is 170 cm³/mol. The number of aromatic nitrogens is 2. The molecule has 2 heterocycles. The van der Waals surface area contributed by atoms with Gasteiger partial charge in [0.05, 0.1) is 51.0 Å². The fraction of sp³-hybridized carbons (Fsp3) is 0. The third-order valence-electron chi connectivity index (χ3n) is 8.14. The Balaban J connectivity index is 1.42. The van der Waals surface area contributed by atoms with Crippen LogP contribution in [0.5, 0.6) is 0 Å². The summed E-state index contributed by atoms with van der Waals surface area (Å²) in [4.78, 5) is 0. The van der Waals surface area contributed by atoms with E-state index < -0.39 is 0 Å². The summed E-state index contributed by atoms with van der Waals surface area (Å²) in [5.41, 5.74) is 9.45. The number of hydrogen-bond donors (Lipinski definition) is 0. The first kappa shape index (κ1) is 23.8. The zero-order valence-electron chi connectivity index (χ0n) is 22.5. The van der Waals surface area contributed by atoms with Crippen LogP contribution in [0, 0.1) is 22.7 Å². The molecule has 194 valence electrons. The van der Waals surface area contributed by atoms with Crippen molar-refractivity contribution in [1.82, 2.24) is 9.13 Å². The lowest BCUT2D eigenvalue weighted by Crippen LogP contribution is -1.99. The van der Waals surface area contributed by atoms with Crippen molar-refractivity contribution in [1.29, 1.82) is 10.5 Å². The summed E-state index contributed by atoms with van der Waals surface area (Å²) in [6.45, 7) is 0. The highest BCUT2D eigenvalue weighted by Crippen LogP contribution is 2.38. The minimum absolute atomic E-state index is 0.583. The number of nitriles is 2. The second kappa shape index (κ2) is 9.24. The van der Waals surface area contributed by atoms with Gasteiger partial charge in [0.2, 0.25) is 0 Å². The number of fused-ring (bicyclic) bond motifs is 6. The summed E-state index contributed by atoms with van der Waals surface area (Å²) in [7, 11) is 0. The quantitative estimate of drug-likeness (QED) is 0.227. The van der Waals surface area contributed by atoms with E-state index in [1.807, 2.05) is 42.5 Å². The Hall–Kier alpha value is -6.10. The van der Waals surface area contributed by atoms with E-state index in [0.717, 1.165) is 55.3 Å².